The van der Waals surface area contributed by atoms with Crippen molar-refractivity contribution in [3.8, 4) is 0 Å². The summed E-state index contributed by atoms with van der Waals surface area (Å²) in [7, 11) is 0. The highest BCUT2D eigenvalue weighted by Gasteiger charge is 2.22. The van der Waals surface area contributed by atoms with Crippen molar-refractivity contribution in [1.82, 2.24) is 5.32 Å². The van der Waals surface area contributed by atoms with Crippen LogP contribution in [0.1, 0.15) is 45.1 Å². The average Bonchev–Trinajstić information content (AvgIpc) is 2.45. The summed E-state index contributed by atoms with van der Waals surface area (Å²) < 4.78 is 0. The van der Waals surface area contributed by atoms with E-state index in [0.29, 0.717) is 6.42 Å². The number of aliphatic carboxylic acids is 1. The third-order valence-electron chi connectivity index (χ3n) is 3.46. The van der Waals surface area contributed by atoms with Crippen LogP contribution in [0.25, 0.3) is 0 Å². The Morgan fingerprint density at radius 3 is 2.33 bits per heavy atom. The van der Waals surface area contributed by atoms with Gasteiger partial charge in [0.15, 0.2) is 0 Å². The van der Waals surface area contributed by atoms with Gasteiger partial charge in [0.1, 0.15) is 6.04 Å². The van der Waals surface area contributed by atoms with Gasteiger partial charge in [-0.25, -0.2) is 4.79 Å². The number of nitrogens with one attached hydrogen (secondary N) is 1. The number of benzene rings is 1. The maximum absolute atomic E-state index is 11.7. The van der Waals surface area contributed by atoms with Crippen molar-refractivity contribution < 1.29 is 14.7 Å². The van der Waals surface area contributed by atoms with Gasteiger partial charge < -0.3 is 10.4 Å². The summed E-state index contributed by atoms with van der Waals surface area (Å²) in [5.41, 5.74) is 1.31. The average molecular weight is 291 g/mol. The van der Waals surface area contributed by atoms with Crippen molar-refractivity contribution in [3.05, 3.63) is 35.9 Å². The zero-order chi connectivity index (χ0) is 15.7. The Balaban J connectivity index is 2.17. The van der Waals surface area contributed by atoms with E-state index in [1.54, 1.807) is 13.8 Å². The maximum atomic E-state index is 11.7. The zero-order valence-electron chi connectivity index (χ0n) is 12.8. The van der Waals surface area contributed by atoms with Crippen molar-refractivity contribution in [2.45, 2.75) is 52.0 Å². The van der Waals surface area contributed by atoms with E-state index < -0.39 is 12.0 Å². The van der Waals surface area contributed by atoms with E-state index >= 15 is 0 Å². The lowest BCUT2D eigenvalue weighted by Crippen LogP contribution is -2.44. The van der Waals surface area contributed by atoms with Crippen LogP contribution in [-0.4, -0.2) is 23.0 Å². The second-order valence-corrected chi connectivity index (χ2v) is 5.67. The minimum atomic E-state index is -0.970. The Labute approximate surface area is 126 Å². The lowest BCUT2D eigenvalue weighted by atomic mass is 10.0. The van der Waals surface area contributed by atoms with Crippen molar-refractivity contribution in [2.24, 2.45) is 5.92 Å². The van der Waals surface area contributed by atoms with Gasteiger partial charge in [0, 0.05) is 6.42 Å². The molecule has 0 fully saturated rings. The van der Waals surface area contributed by atoms with Crippen LogP contribution in [-0.2, 0) is 16.0 Å². The molecule has 1 aromatic rings. The second-order valence-electron chi connectivity index (χ2n) is 5.67. The van der Waals surface area contributed by atoms with Crippen LogP contribution in [0, 0.1) is 5.92 Å². The number of carbonyl (C=O) groups excluding carboxylic acids is 1. The van der Waals surface area contributed by atoms with E-state index in [-0.39, 0.29) is 11.8 Å². The Kier molecular flexibility index (Phi) is 7.51. The van der Waals surface area contributed by atoms with Gasteiger partial charge in [0.2, 0.25) is 5.91 Å². The molecule has 21 heavy (non-hydrogen) atoms. The number of amides is 1. The predicted octanol–water partition coefficient (Wildman–Crippen LogP) is 3.01. The topological polar surface area (TPSA) is 66.4 Å². The Morgan fingerprint density at radius 2 is 1.76 bits per heavy atom. The predicted molar refractivity (Wildman–Crippen MR) is 83.0 cm³/mol. The zero-order valence-corrected chi connectivity index (χ0v) is 12.8. The summed E-state index contributed by atoms with van der Waals surface area (Å²) in [6.45, 7) is 3.58. The summed E-state index contributed by atoms with van der Waals surface area (Å²) >= 11 is 0. The van der Waals surface area contributed by atoms with Crippen molar-refractivity contribution in [1.29, 1.82) is 0 Å². The van der Waals surface area contributed by atoms with E-state index in [9.17, 15) is 9.59 Å². The number of aryl methyl sites for hydroxylation is 1. The van der Waals surface area contributed by atoms with Gasteiger partial charge in [-0.15, -0.1) is 0 Å². The molecule has 116 valence electrons. The number of hydrogen-bond acceptors (Lipinski definition) is 2. The molecule has 0 aliphatic rings. The number of carbonyl (C=O) groups is 2. The van der Waals surface area contributed by atoms with E-state index in [2.05, 4.69) is 17.4 Å². The van der Waals surface area contributed by atoms with Crippen molar-refractivity contribution in [2.75, 3.05) is 0 Å². The molecule has 0 aliphatic heterocycles. The fraction of sp³-hybridized carbons (Fsp3) is 0.529. The SMILES string of the molecule is CC(C)[C@@H](NC(=O)CCCCCc1ccccc1)C(=O)O. The minimum absolute atomic E-state index is 0.107. The van der Waals surface area contributed by atoms with Gasteiger partial charge in [0.05, 0.1) is 0 Å². The highest BCUT2D eigenvalue weighted by atomic mass is 16.4. The van der Waals surface area contributed by atoms with Gasteiger partial charge in [-0.2, -0.15) is 0 Å². The minimum Gasteiger partial charge on any atom is -0.480 e. The molecule has 0 bridgehead atoms. The number of carboxylic acid groups (broad SMARTS) is 1. The second kappa shape index (κ2) is 9.16. The van der Waals surface area contributed by atoms with Crippen LogP contribution in [0.15, 0.2) is 30.3 Å². The molecular weight excluding hydrogens is 266 g/mol. The molecule has 4 nitrogen and oxygen atoms in total. The van der Waals surface area contributed by atoms with Crippen LogP contribution < -0.4 is 5.32 Å². The van der Waals surface area contributed by atoms with Crippen LogP contribution in [0.5, 0.6) is 0 Å². The van der Waals surface area contributed by atoms with Gasteiger partial charge in [-0.1, -0.05) is 50.6 Å². The molecule has 1 rings (SSSR count). The Bertz CT molecular complexity index is 443. The molecule has 0 aliphatic carbocycles. The lowest BCUT2D eigenvalue weighted by molar-refractivity contribution is -0.143. The summed E-state index contributed by atoms with van der Waals surface area (Å²) in [5.74, 6) is -1.25. The molecule has 0 saturated heterocycles. The Morgan fingerprint density at radius 1 is 1.10 bits per heavy atom. The van der Waals surface area contributed by atoms with Crippen molar-refractivity contribution >= 4 is 11.9 Å². The lowest BCUT2D eigenvalue weighted by Gasteiger charge is -2.17. The van der Waals surface area contributed by atoms with E-state index in [4.69, 9.17) is 5.11 Å². The van der Waals surface area contributed by atoms with E-state index in [1.165, 1.54) is 5.56 Å². The highest BCUT2D eigenvalue weighted by molar-refractivity contribution is 5.83. The molecule has 0 unspecified atom stereocenters. The molecule has 1 atom stereocenters. The third kappa shape index (κ3) is 6.93. The number of hydrogen-bond donors (Lipinski definition) is 2. The fourth-order valence-electron chi connectivity index (χ4n) is 2.20. The molecule has 0 radical (unpaired) electrons. The van der Waals surface area contributed by atoms with Gasteiger partial charge in [0.25, 0.3) is 0 Å². The summed E-state index contributed by atoms with van der Waals surface area (Å²) in [5, 5.41) is 11.6. The van der Waals surface area contributed by atoms with Crippen LogP contribution in [0.3, 0.4) is 0 Å². The van der Waals surface area contributed by atoms with Crippen LogP contribution in [0.2, 0.25) is 0 Å². The highest BCUT2D eigenvalue weighted by Crippen LogP contribution is 2.08. The summed E-state index contributed by atoms with van der Waals surface area (Å²) in [6.07, 6.45) is 4.23. The third-order valence-corrected chi connectivity index (χ3v) is 3.46. The molecule has 1 amide bonds. The number of rotatable bonds is 9. The Hall–Kier alpha value is -1.84. The smallest absolute Gasteiger partial charge is 0.326 e. The number of carboxylic acids is 1. The van der Waals surface area contributed by atoms with Crippen molar-refractivity contribution in [3.63, 3.8) is 0 Å². The van der Waals surface area contributed by atoms with E-state index in [1.807, 2.05) is 18.2 Å². The van der Waals surface area contributed by atoms with Gasteiger partial charge in [-0.05, 0) is 30.7 Å². The molecule has 0 aromatic heterocycles. The molecule has 4 heteroatoms. The molecular formula is C17H25NO3. The van der Waals surface area contributed by atoms with Crippen LogP contribution >= 0.6 is 0 Å². The first kappa shape index (κ1) is 17.2. The monoisotopic (exact) mass is 291 g/mol. The first-order valence-corrected chi connectivity index (χ1v) is 7.57. The largest absolute Gasteiger partial charge is 0.480 e. The quantitative estimate of drug-likeness (QED) is 0.687. The molecule has 0 spiro atoms. The number of unbranched alkanes of at least 4 members (excludes halogenated alkanes) is 2. The molecule has 2 N–H and O–H groups in total. The van der Waals surface area contributed by atoms with Gasteiger partial charge in [-0.3, -0.25) is 4.79 Å². The first-order valence-electron chi connectivity index (χ1n) is 7.57. The maximum Gasteiger partial charge on any atom is 0.326 e. The summed E-state index contributed by atoms with van der Waals surface area (Å²) in [4.78, 5) is 22.7. The van der Waals surface area contributed by atoms with E-state index in [0.717, 1.165) is 25.7 Å². The van der Waals surface area contributed by atoms with Crippen LogP contribution in [0.4, 0.5) is 0 Å². The standard InChI is InChI=1S/C17H25NO3/c1-13(2)16(17(20)21)18-15(19)12-8-4-7-11-14-9-5-3-6-10-14/h3,5-6,9-10,13,16H,4,7-8,11-12H2,1-2H3,(H,18,19)(H,20,21)/t16-/m1/s1. The normalized spacial score (nSPS) is 12.1. The van der Waals surface area contributed by atoms with Gasteiger partial charge >= 0.3 is 5.97 Å². The molecule has 0 saturated carbocycles. The summed E-state index contributed by atoms with van der Waals surface area (Å²) in [6, 6.07) is 9.48. The molecule has 0 heterocycles. The molecule has 1 aromatic carbocycles. The fourth-order valence-corrected chi connectivity index (χ4v) is 2.20. The first-order chi connectivity index (χ1) is 10.0.